The van der Waals surface area contributed by atoms with Crippen molar-refractivity contribution in [1.29, 1.82) is 0 Å². The molecule has 2 aliphatic rings. The van der Waals surface area contributed by atoms with Gasteiger partial charge in [0.05, 0.1) is 6.04 Å². The van der Waals surface area contributed by atoms with E-state index < -0.39 is 10.0 Å². The van der Waals surface area contributed by atoms with Gasteiger partial charge in [-0.3, -0.25) is 9.78 Å². The van der Waals surface area contributed by atoms with E-state index in [1.807, 2.05) is 47.4 Å². The van der Waals surface area contributed by atoms with Gasteiger partial charge in [-0.15, -0.1) is 0 Å². The minimum atomic E-state index is -3.49. The topological polar surface area (TPSA) is 70.6 Å². The van der Waals surface area contributed by atoms with Gasteiger partial charge < -0.3 is 4.90 Å². The number of nitrogens with zero attached hydrogens (tertiary/aromatic N) is 3. The predicted molar refractivity (Wildman–Crippen MR) is 126 cm³/mol. The van der Waals surface area contributed by atoms with E-state index in [1.165, 1.54) is 9.71 Å². The van der Waals surface area contributed by atoms with Crippen LogP contribution in [0.15, 0.2) is 60.3 Å². The summed E-state index contributed by atoms with van der Waals surface area (Å²) in [5, 5.41) is 1.28. The third kappa shape index (κ3) is 5.45. The van der Waals surface area contributed by atoms with Crippen molar-refractivity contribution in [1.82, 2.24) is 14.2 Å². The summed E-state index contributed by atoms with van der Waals surface area (Å²) in [5.41, 5.74) is 1.99. The van der Waals surface area contributed by atoms with Gasteiger partial charge in [-0.25, -0.2) is 8.42 Å². The monoisotopic (exact) mass is 453 g/mol. The maximum atomic E-state index is 13.5. The molecule has 3 heterocycles. The van der Waals surface area contributed by atoms with Gasteiger partial charge in [-0.1, -0.05) is 43.2 Å². The Morgan fingerprint density at radius 2 is 1.62 bits per heavy atom. The van der Waals surface area contributed by atoms with Crippen molar-refractivity contribution in [2.45, 2.75) is 44.6 Å². The van der Waals surface area contributed by atoms with Crippen LogP contribution < -0.4 is 0 Å². The molecule has 7 heteroatoms. The number of carbonyl (C=O) groups is 1. The molecule has 32 heavy (non-hydrogen) atoms. The summed E-state index contributed by atoms with van der Waals surface area (Å²) in [5.74, 6) is 0.0487. The quantitative estimate of drug-likeness (QED) is 0.679. The number of sulfonamides is 1. The summed E-state index contributed by atoms with van der Waals surface area (Å²) in [6, 6.07) is 13.5. The van der Waals surface area contributed by atoms with Gasteiger partial charge in [0, 0.05) is 43.4 Å². The average Bonchev–Trinajstić information content (AvgIpc) is 3.10. The first-order valence-electron chi connectivity index (χ1n) is 11.5. The number of carbonyl (C=O) groups excluding carboxylic acids is 1. The van der Waals surface area contributed by atoms with E-state index in [0.29, 0.717) is 25.9 Å². The fraction of sp³-hybridized carbons (Fsp3) is 0.440. The molecule has 0 radical (unpaired) electrons. The van der Waals surface area contributed by atoms with Crippen LogP contribution >= 0.6 is 0 Å². The maximum Gasteiger partial charge on any atom is 0.236 e. The molecule has 1 aromatic carbocycles. The Morgan fingerprint density at radius 1 is 0.906 bits per heavy atom. The summed E-state index contributed by atoms with van der Waals surface area (Å²) < 4.78 is 27.0. The van der Waals surface area contributed by atoms with E-state index in [9.17, 15) is 13.2 Å². The number of rotatable bonds is 5. The third-order valence-electron chi connectivity index (χ3n) is 6.52. The van der Waals surface area contributed by atoms with Crippen LogP contribution in [0.25, 0.3) is 6.08 Å². The zero-order chi connectivity index (χ0) is 22.4. The van der Waals surface area contributed by atoms with Gasteiger partial charge >= 0.3 is 0 Å². The molecule has 4 rings (SSSR count). The molecular weight excluding hydrogens is 422 g/mol. The fourth-order valence-corrected chi connectivity index (χ4v) is 5.93. The number of aromatic nitrogens is 1. The normalized spacial score (nSPS) is 21.5. The first-order valence-corrected chi connectivity index (χ1v) is 13.0. The SMILES string of the molecule is O=C(C1CCN(S(=O)(=O)/C=C/c2ccccc2)CC1)N1CCCCCC1c1ccncc1. The second-order valence-electron chi connectivity index (χ2n) is 8.61. The Kier molecular flexibility index (Phi) is 7.37. The minimum Gasteiger partial charge on any atom is -0.335 e. The standard InChI is InChI=1S/C25H31N3O3S/c29-25(28-17-6-2-5-9-24(28)22-10-15-26-16-11-22)23-12-18-27(19-13-23)32(30,31)20-14-21-7-3-1-4-8-21/h1,3-4,7-8,10-11,14-16,20,23-24H,2,5-6,9,12-13,17-19H2/b20-14+. The Morgan fingerprint density at radius 3 is 2.34 bits per heavy atom. The highest BCUT2D eigenvalue weighted by molar-refractivity contribution is 7.92. The zero-order valence-electron chi connectivity index (χ0n) is 18.3. The van der Waals surface area contributed by atoms with Crippen LogP contribution in [0.5, 0.6) is 0 Å². The highest BCUT2D eigenvalue weighted by atomic mass is 32.2. The molecule has 1 aromatic heterocycles. The lowest BCUT2D eigenvalue weighted by molar-refractivity contribution is -0.139. The lowest BCUT2D eigenvalue weighted by Gasteiger charge is -2.36. The van der Waals surface area contributed by atoms with Gasteiger partial charge in [0.2, 0.25) is 15.9 Å². The molecule has 2 aliphatic heterocycles. The van der Waals surface area contributed by atoms with Gasteiger partial charge in [-0.2, -0.15) is 4.31 Å². The Balaban J connectivity index is 1.40. The third-order valence-corrected chi connectivity index (χ3v) is 8.09. The molecule has 0 spiro atoms. The molecular formula is C25H31N3O3S. The molecule has 0 saturated carbocycles. The molecule has 1 atom stereocenters. The Bertz CT molecular complexity index is 1020. The first kappa shape index (κ1) is 22.7. The van der Waals surface area contributed by atoms with E-state index in [2.05, 4.69) is 4.98 Å². The summed E-state index contributed by atoms with van der Waals surface area (Å²) in [6.45, 7) is 1.53. The minimum absolute atomic E-state index is 0.0866. The number of hydrogen-bond acceptors (Lipinski definition) is 4. The fourth-order valence-electron chi connectivity index (χ4n) is 4.71. The maximum absolute atomic E-state index is 13.5. The number of likely N-dealkylation sites (tertiary alicyclic amines) is 1. The average molecular weight is 454 g/mol. The largest absolute Gasteiger partial charge is 0.335 e. The number of piperidine rings is 1. The molecule has 0 aliphatic carbocycles. The second kappa shape index (κ2) is 10.4. The van der Waals surface area contributed by atoms with Crippen molar-refractivity contribution in [3.63, 3.8) is 0 Å². The van der Waals surface area contributed by atoms with E-state index >= 15 is 0 Å². The van der Waals surface area contributed by atoms with Gasteiger partial charge in [-0.05, 0) is 55.0 Å². The van der Waals surface area contributed by atoms with Crippen molar-refractivity contribution < 1.29 is 13.2 Å². The lowest BCUT2D eigenvalue weighted by atomic mass is 9.94. The number of amides is 1. The van der Waals surface area contributed by atoms with Crippen molar-refractivity contribution in [2.75, 3.05) is 19.6 Å². The smallest absolute Gasteiger partial charge is 0.236 e. The molecule has 6 nitrogen and oxygen atoms in total. The Hall–Kier alpha value is -2.51. The van der Waals surface area contributed by atoms with Crippen LogP contribution in [0.4, 0.5) is 0 Å². The number of hydrogen-bond donors (Lipinski definition) is 0. The van der Waals surface area contributed by atoms with Crippen LogP contribution in [0.2, 0.25) is 0 Å². The van der Waals surface area contributed by atoms with Crippen molar-refractivity contribution >= 4 is 22.0 Å². The molecule has 170 valence electrons. The van der Waals surface area contributed by atoms with Crippen LogP contribution in [0.3, 0.4) is 0 Å². The highest BCUT2D eigenvalue weighted by Crippen LogP contribution is 2.33. The lowest BCUT2D eigenvalue weighted by Crippen LogP contribution is -2.45. The molecule has 0 bridgehead atoms. The molecule has 1 unspecified atom stereocenters. The van der Waals surface area contributed by atoms with E-state index in [1.54, 1.807) is 18.5 Å². The van der Waals surface area contributed by atoms with Gasteiger partial charge in [0.1, 0.15) is 0 Å². The van der Waals surface area contributed by atoms with Crippen LogP contribution in [-0.4, -0.2) is 48.1 Å². The van der Waals surface area contributed by atoms with Crippen molar-refractivity contribution in [2.24, 2.45) is 5.92 Å². The number of benzene rings is 1. The van der Waals surface area contributed by atoms with Crippen molar-refractivity contribution in [3.8, 4) is 0 Å². The summed E-state index contributed by atoms with van der Waals surface area (Å²) in [7, 11) is -3.49. The zero-order valence-corrected chi connectivity index (χ0v) is 19.2. The van der Waals surface area contributed by atoms with Crippen LogP contribution in [0, 0.1) is 5.92 Å². The van der Waals surface area contributed by atoms with Crippen LogP contribution in [0.1, 0.15) is 55.7 Å². The van der Waals surface area contributed by atoms with Gasteiger partial charge in [0.15, 0.2) is 0 Å². The van der Waals surface area contributed by atoms with Gasteiger partial charge in [0.25, 0.3) is 0 Å². The van der Waals surface area contributed by atoms with Crippen molar-refractivity contribution in [3.05, 3.63) is 71.4 Å². The number of pyridine rings is 1. The highest BCUT2D eigenvalue weighted by Gasteiger charge is 2.35. The molecule has 2 fully saturated rings. The second-order valence-corrected chi connectivity index (χ2v) is 10.4. The molecule has 1 amide bonds. The summed E-state index contributed by atoms with van der Waals surface area (Å²) in [4.78, 5) is 19.7. The molecule has 2 saturated heterocycles. The molecule has 0 N–H and O–H groups in total. The Labute approximate surface area is 191 Å². The van der Waals surface area contributed by atoms with E-state index in [-0.39, 0.29) is 17.9 Å². The first-order chi connectivity index (χ1) is 15.5. The predicted octanol–water partition coefficient (Wildman–Crippen LogP) is 4.24. The molecule has 2 aromatic rings. The summed E-state index contributed by atoms with van der Waals surface area (Å²) >= 11 is 0. The van der Waals surface area contributed by atoms with E-state index in [4.69, 9.17) is 0 Å². The summed E-state index contributed by atoms with van der Waals surface area (Å²) in [6.07, 6.45) is 10.6. The van der Waals surface area contributed by atoms with E-state index in [0.717, 1.165) is 43.4 Å². The van der Waals surface area contributed by atoms with Crippen LogP contribution in [-0.2, 0) is 14.8 Å².